The number of hydrogen-bond donors (Lipinski definition) is 3. The molecule has 0 aromatic rings. The second-order valence-electron chi connectivity index (χ2n) is 10.7. The number of carbonyl (C=O) groups is 1. The molecule has 3 aliphatic carbocycles. The van der Waals surface area contributed by atoms with E-state index in [1.54, 1.807) is 7.11 Å². The highest BCUT2D eigenvalue weighted by molar-refractivity contribution is 6.01. The number of esters is 1. The molecule has 1 heterocycles. The number of nitrogens with one attached hydrogen (secondary N) is 2. The van der Waals surface area contributed by atoms with Gasteiger partial charge in [-0.1, -0.05) is 29.9 Å². The Morgan fingerprint density at radius 3 is 2.79 bits per heavy atom. The van der Waals surface area contributed by atoms with Gasteiger partial charge >= 0.3 is 5.97 Å². The number of allylic oxidation sites excluding steroid dienone is 2. The van der Waals surface area contributed by atoms with Crippen LogP contribution in [0.4, 0.5) is 8.78 Å². The summed E-state index contributed by atoms with van der Waals surface area (Å²) in [6.45, 7) is 4.98. The van der Waals surface area contributed by atoms with Crippen LogP contribution in [0.25, 0.3) is 0 Å². The molecular weight excluding hydrogens is 492 g/mol. The standard InChI is InChI=1S/C29H41F2N3O4/c1-5-38-28(36)20-11-9-19(10-12-20)23-14-24-25(15-26(23)37-4)33-18(3)34-27(24)32-17(2)21-7-6-8-22(13-21)29(30,31)16-35/h7,9,13-14,17-18,20,23,25-26,33,35H,5-6,8,10-12,15-16H2,1-4H3,(H,32,34). The molecule has 1 aliphatic heterocycles. The topological polar surface area (TPSA) is 92.2 Å². The molecule has 38 heavy (non-hydrogen) atoms. The molecule has 0 aromatic carbocycles. The van der Waals surface area contributed by atoms with Gasteiger partial charge in [-0.3, -0.25) is 10.1 Å². The summed E-state index contributed by atoms with van der Waals surface area (Å²) in [5.74, 6) is -2.60. The molecule has 0 saturated carbocycles. The van der Waals surface area contributed by atoms with Crippen molar-refractivity contribution in [2.24, 2.45) is 16.8 Å². The number of alkyl halides is 2. The van der Waals surface area contributed by atoms with E-state index >= 15 is 0 Å². The van der Waals surface area contributed by atoms with E-state index in [-0.39, 0.29) is 54.2 Å². The average Bonchev–Trinajstić information content (AvgIpc) is 2.92. The first-order valence-corrected chi connectivity index (χ1v) is 13.8. The monoisotopic (exact) mass is 533 g/mol. The molecule has 0 fully saturated rings. The summed E-state index contributed by atoms with van der Waals surface area (Å²) in [5, 5.41) is 16.2. The van der Waals surface area contributed by atoms with Gasteiger partial charge in [0.25, 0.3) is 5.92 Å². The number of aliphatic hydroxyl groups is 1. The number of aliphatic hydroxyl groups excluding tert-OH is 1. The lowest BCUT2D eigenvalue weighted by atomic mass is 9.75. The largest absolute Gasteiger partial charge is 0.466 e. The van der Waals surface area contributed by atoms with Gasteiger partial charge < -0.3 is 19.9 Å². The zero-order chi connectivity index (χ0) is 27.4. The van der Waals surface area contributed by atoms with Crippen LogP contribution in [0.5, 0.6) is 0 Å². The third kappa shape index (κ3) is 6.26. The molecule has 3 N–H and O–H groups in total. The highest BCUT2D eigenvalue weighted by Gasteiger charge is 2.39. The molecule has 0 spiro atoms. The predicted octanol–water partition coefficient (Wildman–Crippen LogP) is 4.21. The van der Waals surface area contributed by atoms with Crippen molar-refractivity contribution in [3.05, 3.63) is 46.6 Å². The van der Waals surface area contributed by atoms with Crippen molar-refractivity contribution in [3.8, 4) is 0 Å². The maximum absolute atomic E-state index is 14.2. The molecule has 6 unspecified atom stereocenters. The summed E-state index contributed by atoms with van der Waals surface area (Å²) < 4.78 is 39.5. The fourth-order valence-electron chi connectivity index (χ4n) is 5.97. The van der Waals surface area contributed by atoms with E-state index in [1.165, 1.54) is 11.6 Å². The lowest BCUT2D eigenvalue weighted by Crippen LogP contribution is -2.53. The molecule has 7 nitrogen and oxygen atoms in total. The predicted molar refractivity (Wildman–Crippen MR) is 143 cm³/mol. The van der Waals surface area contributed by atoms with Gasteiger partial charge in [-0.05, 0) is 64.9 Å². The number of hydrogen-bond acceptors (Lipinski definition) is 7. The van der Waals surface area contributed by atoms with Gasteiger partial charge in [0.1, 0.15) is 12.4 Å². The van der Waals surface area contributed by atoms with Crippen molar-refractivity contribution in [1.82, 2.24) is 10.6 Å². The van der Waals surface area contributed by atoms with Crippen LogP contribution in [-0.4, -0.2) is 67.5 Å². The van der Waals surface area contributed by atoms with Crippen LogP contribution >= 0.6 is 0 Å². The fourth-order valence-corrected chi connectivity index (χ4v) is 5.97. The number of fused-ring (bicyclic) bond motifs is 1. The quantitative estimate of drug-likeness (QED) is 0.320. The summed E-state index contributed by atoms with van der Waals surface area (Å²) >= 11 is 0. The molecule has 4 aliphatic rings. The SMILES string of the molecule is CCOC(=O)C1CC=C(C2C=C3C(NC(C)C4=CCCC(C(F)(F)CO)=C4)=NC(C)NC3CC2OC)CC1. The number of carbonyl (C=O) groups excluding carboxylic acids is 1. The number of nitrogens with zero attached hydrogens (tertiary/aromatic N) is 1. The average molecular weight is 534 g/mol. The second kappa shape index (κ2) is 12.2. The van der Waals surface area contributed by atoms with E-state index in [4.69, 9.17) is 19.6 Å². The van der Waals surface area contributed by atoms with Crippen molar-refractivity contribution in [2.75, 3.05) is 20.3 Å². The van der Waals surface area contributed by atoms with E-state index in [0.29, 0.717) is 19.4 Å². The molecule has 0 radical (unpaired) electrons. The Balaban J connectivity index is 1.55. The number of methoxy groups -OCH3 is 1. The Labute approximate surface area is 224 Å². The third-order valence-electron chi connectivity index (χ3n) is 8.09. The Kier molecular flexibility index (Phi) is 9.21. The highest BCUT2D eigenvalue weighted by Crippen LogP contribution is 2.38. The van der Waals surface area contributed by atoms with Crippen LogP contribution in [0.15, 0.2) is 51.6 Å². The molecule has 0 bridgehead atoms. The Hall–Kier alpha value is -2.36. The number of halogens is 2. The van der Waals surface area contributed by atoms with Crippen molar-refractivity contribution >= 4 is 11.8 Å². The summed E-state index contributed by atoms with van der Waals surface area (Å²) in [6.07, 6.45) is 11.6. The first kappa shape index (κ1) is 28.6. The Bertz CT molecular complexity index is 1050. The van der Waals surface area contributed by atoms with E-state index < -0.39 is 12.5 Å². The van der Waals surface area contributed by atoms with Gasteiger partial charge in [0, 0.05) is 36.3 Å². The van der Waals surface area contributed by atoms with Gasteiger partial charge in [-0.25, -0.2) is 4.99 Å². The van der Waals surface area contributed by atoms with E-state index in [9.17, 15) is 13.6 Å². The zero-order valence-corrected chi connectivity index (χ0v) is 22.8. The number of amidine groups is 1. The zero-order valence-electron chi connectivity index (χ0n) is 22.8. The van der Waals surface area contributed by atoms with E-state index in [2.05, 4.69) is 22.8 Å². The summed E-state index contributed by atoms with van der Waals surface area (Å²) in [6, 6.07) is -0.178. The minimum atomic E-state index is -3.21. The normalized spacial score (nSPS) is 30.6. The minimum absolute atomic E-state index is 0.00197. The molecule has 210 valence electrons. The van der Waals surface area contributed by atoms with Crippen molar-refractivity contribution in [3.63, 3.8) is 0 Å². The fraction of sp³-hybridized carbons (Fsp3) is 0.655. The van der Waals surface area contributed by atoms with Crippen LogP contribution in [0, 0.1) is 11.8 Å². The van der Waals surface area contributed by atoms with E-state index in [0.717, 1.165) is 36.2 Å². The molecule has 0 saturated heterocycles. The smallest absolute Gasteiger partial charge is 0.309 e. The minimum Gasteiger partial charge on any atom is -0.466 e. The Morgan fingerprint density at radius 2 is 2.13 bits per heavy atom. The molecule has 9 heteroatoms. The maximum atomic E-state index is 14.2. The first-order valence-electron chi connectivity index (χ1n) is 13.8. The second-order valence-corrected chi connectivity index (χ2v) is 10.7. The number of aliphatic imine (C=N–C) groups is 1. The molecular formula is C29H41F2N3O4. The van der Waals surface area contributed by atoms with Crippen LogP contribution in [-0.2, 0) is 14.3 Å². The van der Waals surface area contributed by atoms with Crippen molar-refractivity contribution < 1.29 is 28.2 Å². The highest BCUT2D eigenvalue weighted by atomic mass is 19.3. The molecule has 0 aromatic heterocycles. The van der Waals surface area contributed by atoms with Crippen LogP contribution in [0.3, 0.4) is 0 Å². The summed E-state index contributed by atoms with van der Waals surface area (Å²) in [5.41, 5.74) is 3.06. The van der Waals surface area contributed by atoms with E-state index in [1.807, 2.05) is 26.8 Å². The van der Waals surface area contributed by atoms with Gasteiger partial charge in [0.2, 0.25) is 0 Å². The first-order chi connectivity index (χ1) is 18.2. The van der Waals surface area contributed by atoms with Crippen molar-refractivity contribution in [1.29, 1.82) is 0 Å². The van der Waals surface area contributed by atoms with Gasteiger partial charge in [-0.15, -0.1) is 0 Å². The molecule has 4 rings (SSSR count). The maximum Gasteiger partial charge on any atom is 0.309 e. The van der Waals surface area contributed by atoms with Gasteiger partial charge in [0.05, 0.1) is 24.8 Å². The molecule has 0 amide bonds. The Morgan fingerprint density at radius 1 is 1.34 bits per heavy atom. The van der Waals surface area contributed by atoms with Crippen LogP contribution in [0.2, 0.25) is 0 Å². The number of rotatable bonds is 8. The molecule has 6 atom stereocenters. The summed E-state index contributed by atoms with van der Waals surface area (Å²) in [7, 11) is 1.74. The van der Waals surface area contributed by atoms with Crippen LogP contribution < -0.4 is 10.6 Å². The lowest BCUT2D eigenvalue weighted by Gasteiger charge is -2.41. The van der Waals surface area contributed by atoms with Gasteiger partial charge in [0.15, 0.2) is 0 Å². The van der Waals surface area contributed by atoms with Crippen LogP contribution in [0.1, 0.15) is 59.3 Å². The lowest BCUT2D eigenvalue weighted by molar-refractivity contribution is -0.148. The summed E-state index contributed by atoms with van der Waals surface area (Å²) in [4.78, 5) is 17.0. The number of ether oxygens (including phenoxy) is 2. The van der Waals surface area contributed by atoms with Gasteiger partial charge in [-0.2, -0.15) is 8.78 Å². The third-order valence-corrected chi connectivity index (χ3v) is 8.09. The van der Waals surface area contributed by atoms with Crippen molar-refractivity contribution in [2.45, 2.75) is 89.6 Å².